The average molecular weight is 269 g/mol. The molecule has 0 aliphatic carbocycles. The lowest BCUT2D eigenvalue weighted by molar-refractivity contribution is 0.826. The van der Waals surface area contributed by atoms with Gasteiger partial charge in [-0.2, -0.15) is 5.10 Å². The third-order valence-corrected chi connectivity index (χ3v) is 3.67. The smallest absolute Gasteiger partial charge is 0.0879 e. The van der Waals surface area contributed by atoms with Crippen LogP contribution in [0.15, 0.2) is 18.2 Å². The normalized spacial score (nSPS) is 10.9. The zero-order valence-electron chi connectivity index (χ0n) is 10.1. The Bertz CT molecular complexity index is 559. The minimum atomic E-state index is 0.424. The van der Waals surface area contributed by atoms with Gasteiger partial charge in [-0.1, -0.05) is 23.7 Å². The Morgan fingerprint density at radius 2 is 1.94 bits per heavy atom. The van der Waals surface area contributed by atoms with E-state index in [2.05, 4.69) is 12.0 Å². The third kappa shape index (κ3) is 2.07. The Hall–Kier alpha value is -0.990. The molecule has 2 rings (SSSR count). The maximum atomic E-state index is 6.26. The van der Waals surface area contributed by atoms with E-state index in [1.54, 1.807) is 0 Å². The number of rotatable bonds is 2. The van der Waals surface area contributed by atoms with Gasteiger partial charge in [0.2, 0.25) is 0 Å². The maximum absolute atomic E-state index is 6.26. The van der Waals surface area contributed by atoms with Crippen molar-refractivity contribution in [2.75, 3.05) is 0 Å². The largest absolute Gasteiger partial charge is 0.236 e. The Morgan fingerprint density at radius 3 is 2.47 bits per heavy atom. The monoisotopic (exact) mass is 268 g/mol. The van der Waals surface area contributed by atoms with Crippen molar-refractivity contribution in [1.82, 2.24) is 9.78 Å². The topological polar surface area (TPSA) is 17.8 Å². The van der Waals surface area contributed by atoms with Crippen molar-refractivity contribution in [1.29, 1.82) is 0 Å². The molecule has 0 amide bonds. The van der Waals surface area contributed by atoms with Gasteiger partial charge in [-0.25, -0.2) is 4.68 Å². The lowest BCUT2D eigenvalue weighted by Crippen LogP contribution is -2.03. The quantitative estimate of drug-likeness (QED) is 0.747. The van der Waals surface area contributed by atoms with Gasteiger partial charge in [-0.3, -0.25) is 0 Å². The second kappa shape index (κ2) is 4.71. The lowest BCUT2D eigenvalue weighted by Gasteiger charge is -2.11. The van der Waals surface area contributed by atoms with Gasteiger partial charge in [-0.15, -0.1) is 11.6 Å². The average Bonchev–Trinajstić information content (AvgIpc) is 2.56. The van der Waals surface area contributed by atoms with E-state index >= 15 is 0 Å². The van der Waals surface area contributed by atoms with Crippen LogP contribution in [0.3, 0.4) is 0 Å². The minimum absolute atomic E-state index is 0.424. The first kappa shape index (κ1) is 12.5. The van der Waals surface area contributed by atoms with Gasteiger partial charge in [0.25, 0.3) is 0 Å². The summed E-state index contributed by atoms with van der Waals surface area (Å²) in [6.45, 7) is 6.10. The van der Waals surface area contributed by atoms with E-state index in [0.717, 1.165) is 22.6 Å². The van der Waals surface area contributed by atoms with Crippen molar-refractivity contribution in [2.24, 2.45) is 0 Å². The van der Waals surface area contributed by atoms with Gasteiger partial charge >= 0.3 is 0 Å². The Balaban J connectivity index is 2.72. The van der Waals surface area contributed by atoms with Gasteiger partial charge in [0.1, 0.15) is 0 Å². The highest BCUT2D eigenvalue weighted by Gasteiger charge is 2.14. The van der Waals surface area contributed by atoms with Crippen LogP contribution in [0.4, 0.5) is 0 Å². The molecule has 4 heteroatoms. The molecule has 2 aromatic rings. The molecule has 0 aliphatic rings. The van der Waals surface area contributed by atoms with Crippen molar-refractivity contribution in [3.63, 3.8) is 0 Å². The number of aryl methyl sites for hydroxylation is 1. The van der Waals surface area contributed by atoms with Gasteiger partial charge in [0, 0.05) is 11.6 Å². The second-order valence-electron chi connectivity index (χ2n) is 4.09. The summed E-state index contributed by atoms with van der Waals surface area (Å²) in [6, 6.07) is 5.74. The highest BCUT2D eigenvalue weighted by atomic mass is 35.5. The molecule has 0 atom stereocenters. The van der Waals surface area contributed by atoms with Gasteiger partial charge < -0.3 is 0 Å². The molecule has 0 bridgehead atoms. The molecule has 1 heterocycles. The fraction of sp³-hybridized carbons (Fsp3) is 0.308. The molecule has 17 heavy (non-hydrogen) atoms. The van der Waals surface area contributed by atoms with E-state index in [9.17, 15) is 0 Å². The maximum Gasteiger partial charge on any atom is 0.0879 e. The van der Waals surface area contributed by atoms with Crippen molar-refractivity contribution in [2.45, 2.75) is 26.7 Å². The standard InChI is InChI=1S/C13H14Cl2N2/c1-8-9(2)16-17(10(8)3)13-11(7-14)5-4-6-12(13)15/h4-6H,7H2,1-3H3. The summed E-state index contributed by atoms with van der Waals surface area (Å²) in [6.07, 6.45) is 0. The van der Waals surface area contributed by atoms with Crippen LogP contribution in [-0.4, -0.2) is 9.78 Å². The Kier molecular flexibility index (Phi) is 3.45. The number of para-hydroxylation sites is 1. The van der Waals surface area contributed by atoms with E-state index in [1.807, 2.05) is 36.7 Å². The number of halogens is 2. The molecule has 0 fully saturated rings. The first-order valence-corrected chi connectivity index (χ1v) is 6.34. The summed E-state index contributed by atoms with van der Waals surface area (Å²) in [5.41, 5.74) is 5.18. The highest BCUT2D eigenvalue weighted by molar-refractivity contribution is 6.32. The third-order valence-electron chi connectivity index (χ3n) is 3.08. The molecule has 0 spiro atoms. The van der Waals surface area contributed by atoms with Crippen molar-refractivity contribution >= 4 is 23.2 Å². The van der Waals surface area contributed by atoms with Gasteiger partial charge in [0.15, 0.2) is 0 Å². The van der Waals surface area contributed by atoms with Crippen LogP contribution >= 0.6 is 23.2 Å². The van der Waals surface area contributed by atoms with Crippen LogP contribution in [0.5, 0.6) is 0 Å². The summed E-state index contributed by atoms with van der Waals surface area (Å²) in [5.74, 6) is 0.424. The zero-order valence-corrected chi connectivity index (χ0v) is 11.6. The molecule has 0 saturated carbocycles. The second-order valence-corrected chi connectivity index (χ2v) is 4.76. The van der Waals surface area contributed by atoms with Crippen molar-refractivity contribution in [3.05, 3.63) is 45.7 Å². The molecule has 0 radical (unpaired) electrons. The summed E-state index contributed by atoms with van der Waals surface area (Å²) in [5, 5.41) is 5.20. The van der Waals surface area contributed by atoms with Crippen LogP contribution in [0.2, 0.25) is 5.02 Å². The summed E-state index contributed by atoms with van der Waals surface area (Å²) in [4.78, 5) is 0. The predicted octanol–water partition coefficient (Wildman–Crippen LogP) is 4.19. The number of alkyl halides is 1. The van der Waals surface area contributed by atoms with Crippen LogP contribution < -0.4 is 0 Å². The Morgan fingerprint density at radius 1 is 1.24 bits per heavy atom. The molecular formula is C13H14Cl2N2. The molecule has 1 aromatic carbocycles. The number of hydrogen-bond donors (Lipinski definition) is 0. The molecule has 1 aromatic heterocycles. The van der Waals surface area contributed by atoms with E-state index < -0.39 is 0 Å². The van der Waals surface area contributed by atoms with E-state index in [1.165, 1.54) is 5.56 Å². The van der Waals surface area contributed by atoms with E-state index in [-0.39, 0.29) is 0 Å². The van der Waals surface area contributed by atoms with Gasteiger partial charge in [0.05, 0.1) is 16.4 Å². The van der Waals surface area contributed by atoms with Crippen molar-refractivity contribution in [3.8, 4) is 5.69 Å². The number of aromatic nitrogens is 2. The van der Waals surface area contributed by atoms with Gasteiger partial charge in [-0.05, 0) is 38.0 Å². The van der Waals surface area contributed by atoms with E-state index in [4.69, 9.17) is 23.2 Å². The number of benzene rings is 1. The molecule has 0 N–H and O–H groups in total. The Labute approximate surface area is 111 Å². The SMILES string of the molecule is Cc1nn(-c2c(Cl)cccc2CCl)c(C)c1C. The number of nitrogens with zero attached hydrogens (tertiary/aromatic N) is 2. The summed E-state index contributed by atoms with van der Waals surface area (Å²) < 4.78 is 1.88. The molecule has 0 saturated heterocycles. The lowest BCUT2D eigenvalue weighted by atomic mass is 10.2. The highest BCUT2D eigenvalue weighted by Crippen LogP contribution is 2.28. The molecule has 90 valence electrons. The molecule has 0 unspecified atom stereocenters. The fourth-order valence-electron chi connectivity index (χ4n) is 1.84. The fourth-order valence-corrected chi connectivity index (χ4v) is 2.33. The summed E-state index contributed by atoms with van der Waals surface area (Å²) in [7, 11) is 0. The molecule has 2 nitrogen and oxygen atoms in total. The van der Waals surface area contributed by atoms with Crippen molar-refractivity contribution < 1.29 is 0 Å². The van der Waals surface area contributed by atoms with E-state index in [0.29, 0.717) is 10.9 Å². The first-order valence-electron chi connectivity index (χ1n) is 5.42. The summed E-state index contributed by atoms with van der Waals surface area (Å²) >= 11 is 12.2. The van der Waals surface area contributed by atoms with Crippen LogP contribution in [0.1, 0.15) is 22.5 Å². The molecule has 0 aliphatic heterocycles. The first-order chi connectivity index (χ1) is 8.06. The van der Waals surface area contributed by atoms with Crippen LogP contribution in [-0.2, 0) is 5.88 Å². The van der Waals surface area contributed by atoms with Crippen LogP contribution in [0, 0.1) is 20.8 Å². The minimum Gasteiger partial charge on any atom is -0.236 e. The van der Waals surface area contributed by atoms with Crippen LogP contribution in [0.25, 0.3) is 5.69 Å². The predicted molar refractivity (Wildman–Crippen MR) is 72.3 cm³/mol. The zero-order chi connectivity index (χ0) is 12.6. The number of hydrogen-bond acceptors (Lipinski definition) is 1. The molecular weight excluding hydrogens is 255 g/mol.